The first-order valence-electron chi connectivity index (χ1n) is 7.86. The predicted molar refractivity (Wildman–Crippen MR) is 84.9 cm³/mol. The molecule has 1 saturated heterocycles. The van der Waals surface area contributed by atoms with Gasteiger partial charge in [-0.3, -0.25) is 4.90 Å². The molecule has 1 aromatic heterocycles. The van der Waals surface area contributed by atoms with Crippen LogP contribution in [-0.4, -0.2) is 23.0 Å². The molecule has 3 heteroatoms. The van der Waals surface area contributed by atoms with Gasteiger partial charge in [0.1, 0.15) is 5.76 Å². The quantitative estimate of drug-likeness (QED) is 0.848. The van der Waals surface area contributed by atoms with E-state index in [9.17, 15) is 0 Å². The van der Waals surface area contributed by atoms with E-state index in [1.165, 1.54) is 6.42 Å². The normalized spacial score (nSPS) is 23.4. The Labute approximate surface area is 127 Å². The molecule has 2 unspecified atom stereocenters. The van der Waals surface area contributed by atoms with Gasteiger partial charge in [-0.2, -0.15) is 0 Å². The largest absolute Gasteiger partial charge is 0.441 e. The van der Waals surface area contributed by atoms with E-state index >= 15 is 0 Å². The number of piperidine rings is 1. The summed E-state index contributed by atoms with van der Waals surface area (Å²) in [5.41, 5.74) is 2.13. The topological polar surface area (TPSA) is 29.3 Å². The maximum atomic E-state index is 5.86. The van der Waals surface area contributed by atoms with E-state index in [2.05, 4.69) is 18.7 Å². The van der Waals surface area contributed by atoms with Crippen LogP contribution in [0.25, 0.3) is 11.5 Å². The van der Waals surface area contributed by atoms with Crippen LogP contribution < -0.4 is 0 Å². The summed E-state index contributed by atoms with van der Waals surface area (Å²) in [6.45, 7) is 9.93. The summed E-state index contributed by atoms with van der Waals surface area (Å²) in [7, 11) is 0. The number of nitrogens with zero attached hydrogens (tertiary/aromatic N) is 2. The summed E-state index contributed by atoms with van der Waals surface area (Å²) in [4.78, 5) is 7.23. The van der Waals surface area contributed by atoms with Crippen LogP contribution in [0.3, 0.4) is 0 Å². The average Bonchev–Trinajstić information content (AvgIpc) is 2.80. The number of benzene rings is 1. The Morgan fingerprint density at radius 1 is 1.14 bits per heavy atom. The fourth-order valence-electron chi connectivity index (χ4n) is 3.41. The molecule has 0 saturated carbocycles. The van der Waals surface area contributed by atoms with Gasteiger partial charge in [0.05, 0.1) is 5.69 Å². The monoisotopic (exact) mass is 284 g/mol. The second kappa shape index (κ2) is 6.02. The third kappa shape index (κ3) is 3.35. The minimum absolute atomic E-state index is 0.737. The second-order valence-electron chi connectivity index (χ2n) is 6.53. The Bertz CT molecular complexity index is 581. The van der Waals surface area contributed by atoms with Crippen LogP contribution in [0.2, 0.25) is 0 Å². The van der Waals surface area contributed by atoms with E-state index in [-0.39, 0.29) is 0 Å². The highest BCUT2D eigenvalue weighted by Gasteiger charge is 2.23. The van der Waals surface area contributed by atoms with E-state index in [1.54, 1.807) is 0 Å². The minimum Gasteiger partial charge on any atom is -0.441 e. The molecule has 112 valence electrons. The Kier molecular flexibility index (Phi) is 4.11. The summed E-state index contributed by atoms with van der Waals surface area (Å²) >= 11 is 0. The van der Waals surface area contributed by atoms with Gasteiger partial charge in [-0.05, 0) is 37.3 Å². The van der Waals surface area contributed by atoms with E-state index in [4.69, 9.17) is 9.40 Å². The highest BCUT2D eigenvalue weighted by atomic mass is 16.4. The molecule has 0 aliphatic carbocycles. The molecule has 3 rings (SSSR count). The van der Waals surface area contributed by atoms with Crippen molar-refractivity contribution in [1.82, 2.24) is 9.88 Å². The molecule has 2 heterocycles. The van der Waals surface area contributed by atoms with Crippen molar-refractivity contribution in [2.45, 2.75) is 33.7 Å². The number of oxazole rings is 1. The van der Waals surface area contributed by atoms with Gasteiger partial charge in [0.15, 0.2) is 0 Å². The van der Waals surface area contributed by atoms with Crippen LogP contribution in [0.4, 0.5) is 0 Å². The number of likely N-dealkylation sites (tertiary alicyclic amines) is 1. The van der Waals surface area contributed by atoms with Gasteiger partial charge in [0.25, 0.3) is 0 Å². The average molecular weight is 284 g/mol. The molecule has 1 aromatic carbocycles. The van der Waals surface area contributed by atoms with Crippen LogP contribution in [-0.2, 0) is 6.54 Å². The standard InChI is InChI=1S/C18H24N2O/c1-13-9-14(2)11-20(10-13)12-17-15(3)21-18(19-17)16-7-5-4-6-8-16/h4-8,13-14H,9-12H2,1-3H3. The Morgan fingerprint density at radius 2 is 1.81 bits per heavy atom. The number of aromatic nitrogens is 1. The lowest BCUT2D eigenvalue weighted by Crippen LogP contribution is -2.38. The second-order valence-corrected chi connectivity index (χ2v) is 6.53. The minimum atomic E-state index is 0.737. The number of aryl methyl sites for hydroxylation is 1. The third-order valence-corrected chi connectivity index (χ3v) is 4.23. The Hall–Kier alpha value is -1.61. The Balaban J connectivity index is 1.76. The lowest BCUT2D eigenvalue weighted by atomic mass is 9.92. The molecular formula is C18H24N2O. The van der Waals surface area contributed by atoms with Crippen LogP contribution in [0.15, 0.2) is 34.7 Å². The molecule has 2 aromatic rings. The SMILES string of the molecule is Cc1oc(-c2ccccc2)nc1CN1CC(C)CC(C)C1. The third-order valence-electron chi connectivity index (χ3n) is 4.23. The van der Waals surface area contributed by atoms with Crippen molar-refractivity contribution in [2.75, 3.05) is 13.1 Å². The molecule has 2 atom stereocenters. The van der Waals surface area contributed by atoms with Crippen molar-refractivity contribution >= 4 is 0 Å². The van der Waals surface area contributed by atoms with Crippen molar-refractivity contribution in [3.8, 4) is 11.5 Å². The first-order chi connectivity index (χ1) is 10.1. The lowest BCUT2D eigenvalue weighted by Gasteiger charge is -2.34. The zero-order valence-electron chi connectivity index (χ0n) is 13.2. The molecule has 1 aliphatic heterocycles. The molecule has 0 bridgehead atoms. The van der Waals surface area contributed by atoms with E-state index in [1.807, 2.05) is 37.3 Å². The van der Waals surface area contributed by atoms with Gasteiger partial charge in [-0.25, -0.2) is 4.98 Å². The maximum Gasteiger partial charge on any atom is 0.226 e. The molecule has 0 radical (unpaired) electrons. The fourth-order valence-corrected chi connectivity index (χ4v) is 3.41. The smallest absolute Gasteiger partial charge is 0.226 e. The van der Waals surface area contributed by atoms with Crippen LogP contribution in [0.1, 0.15) is 31.7 Å². The van der Waals surface area contributed by atoms with Gasteiger partial charge in [-0.1, -0.05) is 32.0 Å². The fraction of sp³-hybridized carbons (Fsp3) is 0.500. The zero-order chi connectivity index (χ0) is 14.8. The Morgan fingerprint density at radius 3 is 2.48 bits per heavy atom. The van der Waals surface area contributed by atoms with Crippen molar-refractivity contribution in [3.05, 3.63) is 41.8 Å². The van der Waals surface area contributed by atoms with Crippen LogP contribution >= 0.6 is 0 Å². The molecule has 21 heavy (non-hydrogen) atoms. The summed E-state index contributed by atoms with van der Waals surface area (Å²) < 4.78 is 5.86. The van der Waals surface area contributed by atoms with Crippen molar-refractivity contribution in [2.24, 2.45) is 11.8 Å². The van der Waals surface area contributed by atoms with Crippen molar-refractivity contribution in [3.63, 3.8) is 0 Å². The number of rotatable bonds is 3. The predicted octanol–water partition coefficient (Wildman–Crippen LogP) is 4.13. The zero-order valence-corrected chi connectivity index (χ0v) is 13.2. The first kappa shape index (κ1) is 14.3. The number of hydrogen-bond donors (Lipinski definition) is 0. The lowest BCUT2D eigenvalue weighted by molar-refractivity contribution is 0.132. The number of hydrogen-bond acceptors (Lipinski definition) is 3. The van der Waals surface area contributed by atoms with Gasteiger partial charge >= 0.3 is 0 Å². The first-order valence-corrected chi connectivity index (χ1v) is 7.86. The molecule has 0 amide bonds. The molecular weight excluding hydrogens is 260 g/mol. The molecule has 0 N–H and O–H groups in total. The molecule has 0 spiro atoms. The highest BCUT2D eigenvalue weighted by molar-refractivity contribution is 5.53. The van der Waals surface area contributed by atoms with E-state index in [0.717, 1.165) is 54.4 Å². The van der Waals surface area contributed by atoms with Crippen molar-refractivity contribution in [1.29, 1.82) is 0 Å². The van der Waals surface area contributed by atoms with E-state index in [0.29, 0.717) is 0 Å². The molecule has 1 fully saturated rings. The summed E-state index contributed by atoms with van der Waals surface area (Å²) in [6.07, 6.45) is 1.34. The maximum absolute atomic E-state index is 5.86. The summed E-state index contributed by atoms with van der Waals surface area (Å²) in [5.74, 6) is 3.23. The van der Waals surface area contributed by atoms with Crippen LogP contribution in [0, 0.1) is 18.8 Å². The van der Waals surface area contributed by atoms with E-state index < -0.39 is 0 Å². The molecule has 1 aliphatic rings. The van der Waals surface area contributed by atoms with Gasteiger partial charge in [-0.15, -0.1) is 0 Å². The molecule has 3 nitrogen and oxygen atoms in total. The van der Waals surface area contributed by atoms with Gasteiger partial charge in [0, 0.05) is 25.2 Å². The van der Waals surface area contributed by atoms with Gasteiger partial charge < -0.3 is 4.42 Å². The summed E-state index contributed by atoms with van der Waals surface area (Å²) in [5, 5.41) is 0. The van der Waals surface area contributed by atoms with Crippen molar-refractivity contribution < 1.29 is 4.42 Å². The highest BCUT2D eigenvalue weighted by Crippen LogP contribution is 2.25. The summed E-state index contributed by atoms with van der Waals surface area (Å²) in [6, 6.07) is 10.1. The van der Waals surface area contributed by atoms with Crippen LogP contribution in [0.5, 0.6) is 0 Å². The van der Waals surface area contributed by atoms with Gasteiger partial charge in [0.2, 0.25) is 5.89 Å².